The normalized spacial score (nSPS) is 11.7. The lowest BCUT2D eigenvalue weighted by atomic mass is 10.2. The molecular formula is C22H17ClN6O3S. The van der Waals surface area contributed by atoms with Crippen LogP contribution in [-0.2, 0) is 4.79 Å². The van der Waals surface area contributed by atoms with E-state index in [4.69, 9.17) is 11.6 Å². The summed E-state index contributed by atoms with van der Waals surface area (Å²) in [6.07, 6.45) is 3.34. The molecule has 0 radical (unpaired) electrons. The van der Waals surface area contributed by atoms with Crippen LogP contribution in [0, 0.1) is 10.1 Å². The van der Waals surface area contributed by atoms with Gasteiger partial charge >= 0.3 is 0 Å². The molecule has 9 nitrogen and oxygen atoms in total. The topological polar surface area (TPSA) is 116 Å². The first-order valence-corrected chi connectivity index (χ1v) is 11.0. The van der Waals surface area contributed by atoms with Crippen LogP contribution in [-0.4, -0.2) is 35.8 Å². The Morgan fingerprint density at radius 1 is 1.06 bits per heavy atom. The number of hydrogen-bond acceptors (Lipinski definition) is 7. The standard InChI is InChI=1S/C22H17ClN6O3S/c1-14(21(30)25-17-4-8-19(9-5-17)29(31)32)33-22-27-26-20(15-10-12-24-13-11-15)28(22)18-6-2-16(23)3-7-18/h2-14H,1H3,(H,25,30). The summed E-state index contributed by atoms with van der Waals surface area (Å²) in [5, 5.41) is 22.8. The van der Waals surface area contributed by atoms with Crippen LogP contribution in [0.3, 0.4) is 0 Å². The van der Waals surface area contributed by atoms with Crippen molar-refractivity contribution in [2.75, 3.05) is 5.32 Å². The van der Waals surface area contributed by atoms with Crippen LogP contribution in [0.25, 0.3) is 17.1 Å². The first kappa shape index (κ1) is 22.4. The second kappa shape index (κ2) is 9.80. The van der Waals surface area contributed by atoms with Crippen molar-refractivity contribution in [2.45, 2.75) is 17.3 Å². The second-order valence-electron chi connectivity index (χ2n) is 6.91. The van der Waals surface area contributed by atoms with E-state index >= 15 is 0 Å². The Labute approximate surface area is 198 Å². The molecule has 2 aromatic heterocycles. The van der Waals surface area contributed by atoms with Crippen molar-refractivity contribution in [2.24, 2.45) is 0 Å². The number of pyridine rings is 1. The number of halogens is 1. The summed E-state index contributed by atoms with van der Waals surface area (Å²) in [4.78, 5) is 27.1. The zero-order chi connectivity index (χ0) is 23.4. The SMILES string of the molecule is CC(Sc1nnc(-c2ccncc2)n1-c1ccc(Cl)cc1)C(=O)Nc1ccc([N+](=O)[O-])cc1. The van der Waals surface area contributed by atoms with Crippen LogP contribution in [0.4, 0.5) is 11.4 Å². The van der Waals surface area contributed by atoms with Crippen LogP contribution in [0.15, 0.2) is 78.2 Å². The van der Waals surface area contributed by atoms with Gasteiger partial charge in [-0.1, -0.05) is 23.4 Å². The van der Waals surface area contributed by atoms with Gasteiger partial charge in [0.15, 0.2) is 11.0 Å². The number of nitro groups is 1. The largest absolute Gasteiger partial charge is 0.325 e. The van der Waals surface area contributed by atoms with Crippen LogP contribution >= 0.6 is 23.4 Å². The van der Waals surface area contributed by atoms with Crippen LogP contribution in [0.1, 0.15) is 6.92 Å². The second-order valence-corrected chi connectivity index (χ2v) is 8.65. The van der Waals surface area contributed by atoms with E-state index in [1.807, 2.05) is 28.8 Å². The lowest BCUT2D eigenvalue weighted by Gasteiger charge is -2.14. The maximum Gasteiger partial charge on any atom is 0.269 e. The molecule has 1 N–H and O–H groups in total. The lowest BCUT2D eigenvalue weighted by Crippen LogP contribution is -2.22. The van der Waals surface area contributed by atoms with Gasteiger partial charge in [-0.15, -0.1) is 10.2 Å². The highest BCUT2D eigenvalue weighted by Gasteiger charge is 2.22. The average molecular weight is 481 g/mol. The Morgan fingerprint density at radius 3 is 2.36 bits per heavy atom. The predicted molar refractivity (Wildman–Crippen MR) is 127 cm³/mol. The number of nitrogens with zero attached hydrogens (tertiary/aromatic N) is 5. The molecule has 1 atom stereocenters. The van der Waals surface area contributed by atoms with Gasteiger partial charge in [0.2, 0.25) is 5.91 Å². The van der Waals surface area contributed by atoms with Crippen LogP contribution < -0.4 is 5.32 Å². The van der Waals surface area contributed by atoms with Crippen LogP contribution in [0.2, 0.25) is 5.02 Å². The van der Waals surface area contributed by atoms with Gasteiger partial charge in [0, 0.05) is 46.5 Å². The van der Waals surface area contributed by atoms with E-state index in [9.17, 15) is 14.9 Å². The van der Waals surface area contributed by atoms with Gasteiger partial charge in [-0.2, -0.15) is 0 Å². The summed E-state index contributed by atoms with van der Waals surface area (Å²) in [7, 11) is 0. The first-order chi connectivity index (χ1) is 15.9. The van der Waals surface area contributed by atoms with Gasteiger partial charge in [0.05, 0.1) is 10.2 Å². The van der Waals surface area contributed by atoms with Crippen LogP contribution in [0.5, 0.6) is 0 Å². The summed E-state index contributed by atoms with van der Waals surface area (Å²) in [6, 6.07) is 16.6. The fourth-order valence-corrected chi connectivity index (χ4v) is 3.97. The Balaban J connectivity index is 1.59. The highest BCUT2D eigenvalue weighted by molar-refractivity contribution is 8.00. The summed E-state index contributed by atoms with van der Waals surface area (Å²) in [6.45, 7) is 1.75. The Morgan fingerprint density at radius 2 is 1.73 bits per heavy atom. The zero-order valence-electron chi connectivity index (χ0n) is 17.3. The third-order valence-electron chi connectivity index (χ3n) is 4.65. The number of amides is 1. The number of anilines is 1. The third-order valence-corrected chi connectivity index (χ3v) is 5.95. The summed E-state index contributed by atoms with van der Waals surface area (Å²) in [5.74, 6) is 0.329. The van der Waals surface area contributed by atoms with E-state index in [-0.39, 0.29) is 11.6 Å². The van der Waals surface area contributed by atoms with E-state index < -0.39 is 10.2 Å². The van der Waals surface area contributed by atoms with E-state index in [0.717, 1.165) is 11.3 Å². The molecule has 0 bridgehead atoms. The lowest BCUT2D eigenvalue weighted by molar-refractivity contribution is -0.384. The monoisotopic (exact) mass is 480 g/mol. The van der Waals surface area contributed by atoms with Crippen molar-refractivity contribution in [3.63, 3.8) is 0 Å². The Bertz CT molecular complexity index is 1280. The van der Waals surface area contributed by atoms with Gasteiger partial charge in [-0.3, -0.25) is 24.5 Å². The number of aromatic nitrogens is 4. The maximum absolute atomic E-state index is 12.8. The van der Waals surface area contributed by atoms with E-state index in [1.165, 1.54) is 36.0 Å². The Kier molecular flexibility index (Phi) is 6.66. The van der Waals surface area contributed by atoms with Gasteiger partial charge < -0.3 is 5.32 Å². The maximum atomic E-state index is 12.8. The zero-order valence-corrected chi connectivity index (χ0v) is 18.8. The summed E-state index contributed by atoms with van der Waals surface area (Å²) >= 11 is 7.30. The molecule has 11 heteroatoms. The van der Waals surface area contributed by atoms with Gasteiger partial charge in [-0.25, -0.2) is 0 Å². The highest BCUT2D eigenvalue weighted by Crippen LogP contribution is 2.31. The molecule has 4 rings (SSSR count). The number of carbonyl (C=O) groups is 1. The van der Waals surface area contributed by atoms with E-state index in [2.05, 4.69) is 20.5 Å². The highest BCUT2D eigenvalue weighted by atomic mass is 35.5. The van der Waals surface area contributed by atoms with E-state index in [1.54, 1.807) is 31.5 Å². The number of carbonyl (C=O) groups excluding carboxylic acids is 1. The fraction of sp³-hybridized carbons (Fsp3) is 0.0909. The predicted octanol–water partition coefficient (Wildman–Crippen LogP) is 5.01. The molecule has 4 aromatic rings. The summed E-state index contributed by atoms with van der Waals surface area (Å²) in [5.41, 5.74) is 2.04. The minimum Gasteiger partial charge on any atom is -0.325 e. The van der Waals surface area contributed by atoms with Crippen molar-refractivity contribution in [1.82, 2.24) is 19.7 Å². The number of non-ortho nitro benzene ring substituents is 1. The molecule has 0 aliphatic carbocycles. The molecule has 0 saturated heterocycles. The van der Waals surface area contributed by atoms with Crippen molar-refractivity contribution in [1.29, 1.82) is 0 Å². The quantitative estimate of drug-likeness (QED) is 0.224. The first-order valence-electron chi connectivity index (χ1n) is 9.76. The third kappa shape index (κ3) is 5.18. The molecule has 1 amide bonds. The minimum atomic E-state index is -0.527. The molecule has 0 aliphatic rings. The van der Waals surface area contributed by atoms with Gasteiger partial charge in [0.25, 0.3) is 5.69 Å². The minimum absolute atomic E-state index is 0.0462. The number of thioether (sulfide) groups is 1. The van der Waals surface area contributed by atoms with Gasteiger partial charge in [-0.05, 0) is 55.5 Å². The molecule has 0 fully saturated rings. The molecule has 1 unspecified atom stereocenters. The van der Waals surface area contributed by atoms with Crippen molar-refractivity contribution < 1.29 is 9.72 Å². The van der Waals surface area contributed by atoms with Gasteiger partial charge in [0.1, 0.15) is 0 Å². The number of nitrogens with one attached hydrogen (secondary N) is 1. The number of rotatable bonds is 7. The summed E-state index contributed by atoms with van der Waals surface area (Å²) < 4.78 is 1.85. The molecule has 166 valence electrons. The van der Waals surface area contributed by atoms with Crippen molar-refractivity contribution >= 4 is 40.6 Å². The van der Waals surface area contributed by atoms with E-state index in [0.29, 0.717) is 21.7 Å². The molecule has 0 aliphatic heterocycles. The average Bonchev–Trinajstić information content (AvgIpc) is 3.24. The molecule has 0 spiro atoms. The number of hydrogen-bond donors (Lipinski definition) is 1. The molecule has 2 heterocycles. The van der Waals surface area contributed by atoms with Crippen molar-refractivity contribution in [3.8, 4) is 17.1 Å². The molecule has 2 aromatic carbocycles. The van der Waals surface area contributed by atoms with Crippen molar-refractivity contribution in [3.05, 3.63) is 88.2 Å². The smallest absolute Gasteiger partial charge is 0.269 e. The number of nitro benzene ring substituents is 1. The fourth-order valence-electron chi connectivity index (χ4n) is 2.98. The Hall–Kier alpha value is -3.76. The molecule has 33 heavy (non-hydrogen) atoms. The molecule has 0 saturated carbocycles. The number of benzene rings is 2. The molecular weight excluding hydrogens is 464 g/mol.